The third kappa shape index (κ3) is 5.28. The van der Waals surface area contributed by atoms with Gasteiger partial charge in [0.2, 0.25) is 15.9 Å². The van der Waals surface area contributed by atoms with E-state index < -0.39 is 21.9 Å². The van der Waals surface area contributed by atoms with Crippen LogP contribution >= 0.6 is 0 Å². The minimum absolute atomic E-state index is 0.244. The Balaban J connectivity index is 1.74. The number of nitrogens with zero attached hydrogens (tertiary/aromatic N) is 3. The number of ether oxygens (including phenoxy) is 1. The van der Waals surface area contributed by atoms with E-state index in [0.29, 0.717) is 32.6 Å². The summed E-state index contributed by atoms with van der Waals surface area (Å²) in [5.74, 6) is 0.0721. The summed E-state index contributed by atoms with van der Waals surface area (Å²) >= 11 is 0. The molecule has 2 aromatic carbocycles. The normalized spacial score (nSPS) is 15.5. The lowest BCUT2D eigenvalue weighted by atomic mass is 10.1. The van der Waals surface area contributed by atoms with Gasteiger partial charge in [0, 0.05) is 31.9 Å². The van der Waals surface area contributed by atoms with E-state index in [-0.39, 0.29) is 11.6 Å². The molecule has 0 N–H and O–H groups in total. The van der Waals surface area contributed by atoms with Crippen LogP contribution in [0.15, 0.2) is 48.5 Å². The van der Waals surface area contributed by atoms with Crippen molar-refractivity contribution in [2.75, 3.05) is 48.7 Å². The number of anilines is 2. The van der Waals surface area contributed by atoms with Crippen LogP contribution in [-0.4, -0.2) is 64.8 Å². The number of amides is 1. The highest BCUT2D eigenvalue weighted by Crippen LogP contribution is 2.25. The summed E-state index contributed by atoms with van der Waals surface area (Å²) < 4.78 is 44.7. The third-order valence-electron chi connectivity index (χ3n) is 5.42. The molecule has 0 saturated carbocycles. The molecule has 0 aliphatic carbocycles. The molecule has 1 amide bonds. The first-order valence-electron chi connectivity index (χ1n) is 10.2. The number of rotatable bonds is 7. The van der Waals surface area contributed by atoms with E-state index in [4.69, 9.17) is 4.74 Å². The molecule has 1 atom stereocenters. The maximum absolute atomic E-state index is 13.3. The second-order valence-electron chi connectivity index (χ2n) is 7.47. The van der Waals surface area contributed by atoms with Crippen LogP contribution in [-0.2, 0) is 14.8 Å². The third-order valence-corrected chi connectivity index (χ3v) is 6.60. The lowest BCUT2D eigenvalue weighted by molar-refractivity contribution is -0.132. The molecule has 0 unspecified atom stereocenters. The van der Waals surface area contributed by atoms with Gasteiger partial charge in [0.15, 0.2) is 0 Å². The Hall–Kier alpha value is -2.81. The Morgan fingerprint density at radius 3 is 2.13 bits per heavy atom. The smallest absolute Gasteiger partial charge is 0.246 e. The molecule has 1 aliphatic rings. The van der Waals surface area contributed by atoms with Crippen molar-refractivity contribution in [1.82, 2.24) is 4.90 Å². The van der Waals surface area contributed by atoms with E-state index in [2.05, 4.69) is 4.90 Å². The average molecular weight is 450 g/mol. The van der Waals surface area contributed by atoms with Crippen molar-refractivity contribution in [3.8, 4) is 5.75 Å². The quantitative estimate of drug-likeness (QED) is 0.650. The second-order valence-corrected chi connectivity index (χ2v) is 9.33. The Morgan fingerprint density at radius 2 is 1.65 bits per heavy atom. The summed E-state index contributed by atoms with van der Waals surface area (Å²) in [6.07, 6.45) is 1.37. The average Bonchev–Trinajstić information content (AvgIpc) is 2.77. The molecule has 9 heteroatoms. The zero-order valence-electron chi connectivity index (χ0n) is 18.0. The number of sulfonamides is 1. The van der Waals surface area contributed by atoms with Gasteiger partial charge in [0.05, 0.1) is 19.1 Å². The van der Waals surface area contributed by atoms with Crippen molar-refractivity contribution in [1.29, 1.82) is 0 Å². The van der Waals surface area contributed by atoms with E-state index in [1.165, 1.54) is 24.3 Å². The van der Waals surface area contributed by atoms with Crippen molar-refractivity contribution in [3.63, 3.8) is 0 Å². The van der Waals surface area contributed by atoms with Gasteiger partial charge in [-0.1, -0.05) is 6.92 Å². The minimum atomic E-state index is -3.75. The number of methoxy groups -OCH3 is 1. The van der Waals surface area contributed by atoms with Crippen LogP contribution in [0.1, 0.15) is 13.3 Å². The summed E-state index contributed by atoms with van der Waals surface area (Å²) in [6.45, 7) is 4.04. The predicted octanol–water partition coefficient (Wildman–Crippen LogP) is 2.73. The van der Waals surface area contributed by atoms with Crippen molar-refractivity contribution in [3.05, 3.63) is 54.3 Å². The van der Waals surface area contributed by atoms with Gasteiger partial charge in [-0.25, -0.2) is 12.8 Å². The number of hydrogen-bond donors (Lipinski definition) is 0. The van der Waals surface area contributed by atoms with E-state index in [1.54, 1.807) is 18.9 Å². The molecule has 3 rings (SSSR count). The van der Waals surface area contributed by atoms with Gasteiger partial charge in [0.1, 0.15) is 17.6 Å². The maximum atomic E-state index is 13.3. The van der Waals surface area contributed by atoms with Crippen molar-refractivity contribution in [2.24, 2.45) is 0 Å². The maximum Gasteiger partial charge on any atom is 0.246 e. The first-order chi connectivity index (χ1) is 14.7. The van der Waals surface area contributed by atoms with Crippen LogP contribution < -0.4 is 13.9 Å². The number of carbonyl (C=O) groups excluding carboxylic acids is 1. The molecule has 0 radical (unpaired) electrons. The van der Waals surface area contributed by atoms with E-state index >= 15 is 0 Å². The second kappa shape index (κ2) is 9.55. The monoisotopic (exact) mass is 449 g/mol. The number of carbonyl (C=O) groups is 1. The van der Waals surface area contributed by atoms with Gasteiger partial charge in [0.25, 0.3) is 0 Å². The zero-order chi connectivity index (χ0) is 22.6. The van der Waals surface area contributed by atoms with Gasteiger partial charge < -0.3 is 14.5 Å². The van der Waals surface area contributed by atoms with Crippen molar-refractivity contribution >= 4 is 27.3 Å². The first-order valence-corrected chi connectivity index (χ1v) is 12.0. The van der Waals surface area contributed by atoms with Crippen LogP contribution in [0.25, 0.3) is 0 Å². The van der Waals surface area contributed by atoms with Gasteiger partial charge in [-0.3, -0.25) is 9.10 Å². The summed E-state index contributed by atoms with van der Waals surface area (Å²) in [4.78, 5) is 17.2. The molecule has 1 saturated heterocycles. The lowest BCUT2D eigenvalue weighted by Gasteiger charge is -2.39. The van der Waals surface area contributed by atoms with Crippen LogP contribution in [0, 0.1) is 5.82 Å². The highest BCUT2D eigenvalue weighted by molar-refractivity contribution is 7.92. The van der Waals surface area contributed by atoms with Crippen molar-refractivity contribution < 1.29 is 22.3 Å². The molecule has 2 aromatic rings. The Morgan fingerprint density at radius 1 is 1.06 bits per heavy atom. The molecule has 1 heterocycles. The summed E-state index contributed by atoms with van der Waals surface area (Å²) in [5, 5.41) is 0. The fourth-order valence-corrected chi connectivity index (χ4v) is 5.03. The molecular formula is C22H28FN3O4S. The molecular weight excluding hydrogens is 421 g/mol. The number of hydrogen-bond acceptors (Lipinski definition) is 5. The van der Waals surface area contributed by atoms with E-state index in [1.807, 2.05) is 24.3 Å². The summed E-state index contributed by atoms with van der Waals surface area (Å²) in [6, 6.07) is 12.0. The fourth-order valence-electron chi connectivity index (χ4n) is 3.82. The predicted molar refractivity (Wildman–Crippen MR) is 120 cm³/mol. The molecule has 168 valence electrons. The molecule has 31 heavy (non-hydrogen) atoms. The number of piperazine rings is 1. The van der Waals surface area contributed by atoms with E-state index in [0.717, 1.165) is 22.0 Å². The first kappa shape index (κ1) is 22.9. The Bertz CT molecular complexity index is 988. The Kier molecular flexibility index (Phi) is 7.04. The molecule has 1 fully saturated rings. The molecule has 0 bridgehead atoms. The van der Waals surface area contributed by atoms with Crippen LogP contribution in [0.5, 0.6) is 5.75 Å². The molecule has 0 aromatic heterocycles. The van der Waals surface area contributed by atoms with Crippen LogP contribution in [0.2, 0.25) is 0 Å². The zero-order valence-corrected chi connectivity index (χ0v) is 18.8. The van der Waals surface area contributed by atoms with Crippen LogP contribution in [0.4, 0.5) is 15.8 Å². The Labute approximate surface area is 183 Å². The largest absolute Gasteiger partial charge is 0.497 e. The minimum Gasteiger partial charge on any atom is -0.497 e. The molecule has 1 aliphatic heterocycles. The highest BCUT2D eigenvalue weighted by Gasteiger charge is 2.35. The fraction of sp³-hybridized carbons (Fsp3) is 0.409. The number of benzene rings is 2. The lowest BCUT2D eigenvalue weighted by Crippen LogP contribution is -2.56. The highest BCUT2D eigenvalue weighted by atomic mass is 32.2. The van der Waals surface area contributed by atoms with E-state index in [9.17, 15) is 17.6 Å². The topological polar surface area (TPSA) is 70.2 Å². The number of halogens is 1. The van der Waals surface area contributed by atoms with Gasteiger partial charge in [-0.15, -0.1) is 0 Å². The summed E-state index contributed by atoms with van der Waals surface area (Å²) in [7, 11) is -2.12. The SMILES string of the molecule is CC[C@H](C(=O)N1CCN(c2ccc(OC)cc2)CC1)N(c1ccc(F)cc1)S(C)(=O)=O. The van der Waals surface area contributed by atoms with Crippen LogP contribution in [0.3, 0.4) is 0 Å². The van der Waals surface area contributed by atoms with Gasteiger partial charge in [-0.2, -0.15) is 0 Å². The van der Waals surface area contributed by atoms with Gasteiger partial charge in [-0.05, 0) is 55.0 Å². The standard InChI is InChI=1S/C22H28FN3O4S/c1-4-21(26(31(3,28)29)19-7-5-17(23)6-8-19)22(27)25-15-13-24(14-16-25)18-9-11-20(30-2)12-10-18/h5-12,21H,4,13-16H2,1-3H3/t21-/m1/s1. The molecule has 0 spiro atoms. The van der Waals surface area contributed by atoms with Crippen molar-refractivity contribution in [2.45, 2.75) is 19.4 Å². The molecule has 7 nitrogen and oxygen atoms in total. The van der Waals surface area contributed by atoms with Gasteiger partial charge >= 0.3 is 0 Å². The summed E-state index contributed by atoms with van der Waals surface area (Å²) in [5.41, 5.74) is 1.32.